The molecule has 15 heteroatoms. The van der Waals surface area contributed by atoms with Gasteiger partial charge in [-0.25, -0.2) is 9.50 Å². The Morgan fingerprint density at radius 3 is 2.83 bits per heavy atom. The topological polar surface area (TPSA) is 123 Å². The summed E-state index contributed by atoms with van der Waals surface area (Å²) in [7, 11) is 0. The first kappa shape index (κ1) is 21.3. The zero-order valence-corrected chi connectivity index (χ0v) is 18.2. The van der Waals surface area contributed by atoms with Gasteiger partial charge in [-0.1, -0.05) is 17.7 Å². The molecule has 0 saturated heterocycles. The summed E-state index contributed by atoms with van der Waals surface area (Å²) >= 11 is 6.26. The van der Waals surface area contributed by atoms with Crippen molar-refractivity contribution >= 4 is 23.0 Å². The molecule has 0 spiro atoms. The Labute approximate surface area is 198 Å². The SMILES string of the molecule is O=C(c1nnc(-c2ccn(C(F)(F)F)n2)o1)N1CCc2[nH]cnc2C1c1cc2cccc(Cl)n2n1. The van der Waals surface area contributed by atoms with Gasteiger partial charge in [0.05, 0.1) is 23.2 Å². The first-order chi connectivity index (χ1) is 16.8. The number of H-pyrrole nitrogens is 1. The number of pyridine rings is 1. The molecule has 0 radical (unpaired) electrons. The maximum Gasteiger partial charge on any atom is 0.504 e. The zero-order valence-electron chi connectivity index (χ0n) is 17.4. The molecule has 1 aliphatic rings. The van der Waals surface area contributed by atoms with Gasteiger partial charge in [-0.15, -0.1) is 23.4 Å². The largest absolute Gasteiger partial charge is 0.504 e. The maximum atomic E-state index is 13.4. The van der Waals surface area contributed by atoms with Gasteiger partial charge in [0.25, 0.3) is 5.89 Å². The smallest absolute Gasteiger partial charge is 0.411 e. The van der Waals surface area contributed by atoms with Crippen molar-refractivity contribution in [2.24, 2.45) is 0 Å². The van der Waals surface area contributed by atoms with E-state index in [-0.39, 0.29) is 22.8 Å². The summed E-state index contributed by atoms with van der Waals surface area (Å²) in [4.78, 5) is 22.4. The van der Waals surface area contributed by atoms with Crippen molar-refractivity contribution in [3.05, 3.63) is 71.0 Å². The van der Waals surface area contributed by atoms with E-state index < -0.39 is 24.1 Å². The van der Waals surface area contributed by atoms with Crippen molar-refractivity contribution in [2.75, 3.05) is 6.54 Å². The van der Waals surface area contributed by atoms with Crippen LogP contribution in [0.3, 0.4) is 0 Å². The molecule has 0 fully saturated rings. The van der Waals surface area contributed by atoms with Crippen molar-refractivity contribution in [2.45, 2.75) is 18.8 Å². The van der Waals surface area contributed by atoms with Gasteiger partial charge in [-0.3, -0.25) is 4.79 Å². The fourth-order valence-electron chi connectivity index (χ4n) is 4.05. The lowest BCUT2D eigenvalue weighted by molar-refractivity contribution is -0.212. The summed E-state index contributed by atoms with van der Waals surface area (Å²) in [6.45, 7) is 0.278. The summed E-state index contributed by atoms with van der Waals surface area (Å²) in [5, 5.41) is 15.8. The van der Waals surface area contributed by atoms with Crippen LogP contribution in [0, 0.1) is 0 Å². The third-order valence-electron chi connectivity index (χ3n) is 5.60. The van der Waals surface area contributed by atoms with Crippen molar-refractivity contribution in [1.82, 2.24) is 44.5 Å². The fraction of sp³-hybridized carbons (Fsp3) is 0.200. The highest BCUT2D eigenvalue weighted by Gasteiger charge is 2.38. The van der Waals surface area contributed by atoms with Gasteiger partial charge >= 0.3 is 18.1 Å². The number of alkyl halides is 3. The van der Waals surface area contributed by atoms with Crippen molar-refractivity contribution in [3.8, 4) is 11.6 Å². The lowest BCUT2D eigenvalue weighted by atomic mass is 9.99. The Balaban J connectivity index is 1.37. The van der Waals surface area contributed by atoms with Crippen molar-refractivity contribution in [3.63, 3.8) is 0 Å². The molecule has 1 N–H and O–H groups in total. The molecule has 35 heavy (non-hydrogen) atoms. The molecule has 5 aromatic rings. The number of aromatic nitrogens is 8. The van der Waals surface area contributed by atoms with E-state index in [0.717, 1.165) is 23.5 Å². The van der Waals surface area contributed by atoms with Crippen LogP contribution < -0.4 is 0 Å². The van der Waals surface area contributed by atoms with E-state index in [1.807, 2.05) is 6.07 Å². The molecule has 0 bridgehead atoms. The van der Waals surface area contributed by atoms with Gasteiger partial charge in [0.1, 0.15) is 16.9 Å². The molecule has 178 valence electrons. The first-order valence-corrected chi connectivity index (χ1v) is 10.6. The predicted octanol–water partition coefficient (Wildman–Crippen LogP) is 3.22. The van der Waals surface area contributed by atoms with Crippen LogP contribution in [0.4, 0.5) is 13.2 Å². The van der Waals surface area contributed by atoms with Crippen LogP contribution in [0.15, 0.2) is 47.3 Å². The minimum atomic E-state index is -4.70. The summed E-state index contributed by atoms with van der Waals surface area (Å²) in [6.07, 6.45) is -1.95. The predicted molar refractivity (Wildman–Crippen MR) is 112 cm³/mol. The lowest BCUT2D eigenvalue weighted by Crippen LogP contribution is -2.41. The van der Waals surface area contributed by atoms with Crippen LogP contribution in [-0.4, -0.2) is 56.9 Å². The number of aromatic amines is 1. The molecule has 1 atom stereocenters. The molecule has 1 amide bonds. The third-order valence-corrected chi connectivity index (χ3v) is 5.89. The molecule has 5 aromatic heterocycles. The van der Waals surface area contributed by atoms with Gasteiger partial charge in [0.2, 0.25) is 0 Å². The second-order valence-corrected chi connectivity index (χ2v) is 8.08. The quantitative estimate of drug-likeness (QED) is 0.375. The van der Waals surface area contributed by atoms with E-state index in [0.29, 0.717) is 23.0 Å². The number of carbonyl (C=O) groups is 1. The van der Waals surface area contributed by atoms with Crippen molar-refractivity contribution in [1.29, 1.82) is 0 Å². The highest BCUT2D eigenvalue weighted by atomic mass is 35.5. The van der Waals surface area contributed by atoms with Crippen LogP contribution in [0.2, 0.25) is 5.15 Å². The number of amides is 1. The van der Waals surface area contributed by atoms with Crippen LogP contribution >= 0.6 is 11.6 Å². The molecule has 1 aliphatic heterocycles. The minimum absolute atomic E-state index is 0.192. The number of hydrogen-bond acceptors (Lipinski definition) is 7. The normalized spacial score (nSPS) is 16.1. The standard InChI is InChI=1S/C20H13ClF3N9O2/c21-14-3-1-2-10-8-13(30-33(10)14)16-15-11(25-9-26-15)4-6-31(16)19(34)18-28-27-17(35-18)12-5-7-32(29-12)20(22,23)24/h1-3,5,7-9,16H,4,6H2,(H,25,26). The second kappa shape index (κ2) is 7.66. The molecule has 11 nitrogen and oxygen atoms in total. The average Bonchev–Trinajstić information content (AvgIpc) is 3.62. The summed E-state index contributed by atoms with van der Waals surface area (Å²) in [5.74, 6) is -1.34. The summed E-state index contributed by atoms with van der Waals surface area (Å²) in [6, 6.07) is 7.47. The van der Waals surface area contributed by atoms with Gasteiger partial charge in [-0.05, 0) is 24.3 Å². The van der Waals surface area contributed by atoms with Gasteiger partial charge in [0.15, 0.2) is 0 Å². The second-order valence-electron chi connectivity index (χ2n) is 7.70. The number of halogens is 4. The molecular weight excluding hydrogens is 491 g/mol. The third kappa shape index (κ3) is 3.53. The Bertz CT molecular complexity index is 1570. The number of imidazole rings is 1. The molecule has 6 rings (SSSR count). The number of nitrogens with zero attached hydrogens (tertiary/aromatic N) is 8. The van der Waals surface area contributed by atoms with Crippen LogP contribution in [0.5, 0.6) is 0 Å². The molecule has 6 heterocycles. The molecular formula is C20H13ClF3N9O2. The summed E-state index contributed by atoms with van der Waals surface area (Å²) < 4.78 is 45.3. The first-order valence-electron chi connectivity index (χ1n) is 10.2. The van der Waals surface area contributed by atoms with Gasteiger partial charge in [0, 0.05) is 24.9 Å². The number of fused-ring (bicyclic) bond motifs is 2. The van der Waals surface area contributed by atoms with Crippen LogP contribution in [0.1, 0.15) is 33.8 Å². The van der Waals surface area contributed by atoms with Crippen molar-refractivity contribution < 1.29 is 22.4 Å². The van der Waals surface area contributed by atoms with E-state index >= 15 is 0 Å². The monoisotopic (exact) mass is 503 g/mol. The van der Waals surface area contributed by atoms with E-state index in [4.69, 9.17) is 16.0 Å². The van der Waals surface area contributed by atoms with E-state index in [2.05, 4.69) is 30.4 Å². The highest BCUT2D eigenvalue weighted by molar-refractivity contribution is 6.29. The molecule has 0 saturated carbocycles. The molecule has 1 unspecified atom stereocenters. The highest BCUT2D eigenvalue weighted by Crippen LogP contribution is 2.35. The molecule has 0 aromatic carbocycles. The fourth-order valence-corrected chi connectivity index (χ4v) is 4.25. The number of nitrogens with one attached hydrogen (secondary N) is 1. The van der Waals surface area contributed by atoms with Crippen LogP contribution in [0.25, 0.3) is 17.1 Å². The Morgan fingerprint density at radius 1 is 1.20 bits per heavy atom. The Kier molecular flexibility index (Phi) is 4.67. The van der Waals surface area contributed by atoms with Crippen LogP contribution in [-0.2, 0) is 12.7 Å². The number of hydrogen-bond donors (Lipinski definition) is 1. The minimum Gasteiger partial charge on any atom is -0.411 e. The maximum absolute atomic E-state index is 13.4. The van der Waals surface area contributed by atoms with E-state index in [1.54, 1.807) is 22.7 Å². The van der Waals surface area contributed by atoms with E-state index in [9.17, 15) is 18.0 Å². The average molecular weight is 504 g/mol. The number of carbonyl (C=O) groups excluding carboxylic acids is 1. The Hall–Kier alpha value is -4.20. The lowest BCUT2D eigenvalue weighted by Gasteiger charge is -2.32. The molecule has 0 aliphatic carbocycles. The van der Waals surface area contributed by atoms with Gasteiger partial charge in [-0.2, -0.15) is 14.9 Å². The van der Waals surface area contributed by atoms with Gasteiger partial charge < -0.3 is 14.3 Å². The Morgan fingerprint density at radius 2 is 2.06 bits per heavy atom. The van der Waals surface area contributed by atoms with E-state index in [1.165, 1.54) is 11.2 Å². The number of rotatable bonds is 3. The summed E-state index contributed by atoms with van der Waals surface area (Å²) in [5.41, 5.74) is 2.48. The zero-order chi connectivity index (χ0) is 24.3.